The Bertz CT molecular complexity index is 860. The van der Waals surface area contributed by atoms with Crippen LogP contribution in [0.5, 0.6) is 0 Å². The minimum absolute atomic E-state index is 0.0913. The van der Waals surface area contributed by atoms with Crippen LogP contribution >= 0.6 is 0 Å². The van der Waals surface area contributed by atoms with Gasteiger partial charge in [0.25, 0.3) is 5.91 Å². The van der Waals surface area contributed by atoms with Crippen LogP contribution in [-0.4, -0.2) is 60.9 Å². The maximum atomic E-state index is 12.6. The van der Waals surface area contributed by atoms with Gasteiger partial charge >= 0.3 is 0 Å². The quantitative estimate of drug-likeness (QED) is 0.883. The maximum Gasteiger partial charge on any atom is 0.257 e. The van der Waals surface area contributed by atoms with Crippen LogP contribution in [0.2, 0.25) is 0 Å². The van der Waals surface area contributed by atoms with Crippen LogP contribution in [0.1, 0.15) is 17.3 Å². The number of benzene rings is 1. The summed E-state index contributed by atoms with van der Waals surface area (Å²) in [5.74, 6) is -0.0913. The zero-order valence-corrected chi connectivity index (χ0v) is 14.5. The van der Waals surface area contributed by atoms with E-state index in [0.29, 0.717) is 24.3 Å². The molecule has 1 aliphatic rings. The first-order valence-electron chi connectivity index (χ1n) is 7.73. The fraction of sp³-hybridized carbons (Fsp3) is 0.375. The van der Waals surface area contributed by atoms with Gasteiger partial charge in [0, 0.05) is 38.1 Å². The van der Waals surface area contributed by atoms with E-state index in [4.69, 9.17) is 0 Å². The third kappa shape index (κ3) is 3.34. The number of hydrogen-bond donors (Lipinski definition) is 1. The molecule has 1 aromatic carbocycles. The molecule has 8 heteroatoms. The van der Waals surface area contributed by atoms with E-state index in [0.717, 1.165) is 12.8 Å². The smallest absolute Gasteiger partial charge is 0.257 e. The molecule has 24 heavy (non-hydrogen) atoms. The van der Waals surface area contributed by atoms with Crippen molar-refractivity contribution in [3.05, 3.63) is 42.2 Å². The van der Waals surface area contributed by atoms with Gasteiger partial charge in [-0.1, -0.05) is 12.1 Å². The molecule has 0 aliphatic carbocycles. The molecule has 0 saturated carbocycles. The summed E-state index contributed by atoms with van der Waals surface area (Å²) in [6.07, 6.45) is 4.22. The summed E-state index contributed by atoms with van der Waals surface area (Å²) in [7, 11) is -3.38. The van der Waals surface area contributed by atoms with E-state index < -0.39 is 9.84 Å². The first-order chi connectivity index (χ1) is 11.4. The molecule has 3 rings (SSSR count). The molecule has 1 aliphatic heterocycles. The standard InChI is InChI=1S/C16H20N4O3S/c1-12-10-19(8-7-17-12)16(21)13-9-18-20(11-13)14-5-3-4-6-15(14)24(2,22)23/h3-6,9,11-12,17H,7-8,10H2,1-2H3/t12-/m1/s1. The summed E-state index contributed by atoms with van der Waals surface area (Å²) >= 11 is 0. The third-order valence-electron chi connectivity index (χ3n) is 4.00. The van der Waals surface area contributed by atoms with E-state index >= 15 is 0 Å². The van der Waals surface area contributed by atoms with Gasteiger partial charge in [-0.15, -0.1) is 0 Å². The molecule has 1 N–H and O–H groups in total. The van der Waals surface area contributed by atoms with Crippen molar-refractivity contribution in [3.8, 4) is 5.69 Å². The molecule has 1 amide bonds. The predicted molar refractivity (Wildman–Crippen MR) is 90.0 cm³/mol. The summed E-state index contributed by atoms with van der Waals surface area (Å²) in [5, 5.41) is 7.48. The Kier molecular flexibility index (Phi) is 4.42. The number of nitrogens with zero attached hydrogens (tertiary/aromatic N) is 3. The average molecular weight is 348 g/mol. The number of sulfone groups is 1. The normalized spacial score (nSPS) is 18.6. The third-order valence-corrected chi connectivity index (χ3v) is 5.14. The summed E-state index contributed by atoms with van der Waals surface area (Å²) in [5.41, 5.74) is 0.889. The zero-order chi connectivity index (χ0) is 17.3. The van der Waals surface area contributed by atoms with E-state index in [1.165, 1.54) is 16.9 Å². The number of rotatable bonds is 3. The first kappa shape index (κ1) is 16.7. The summed E-state index contributed by atoms with van der Waals surface area (Å²) in [6, 6.07) is 6.86. The Morgan fingerprint density at radius 1 is 1.33 bits per heavy atom. The molecule has 2 aromatic rings. The lowest BCUT2D eigenvalue weighted by Gasteiger charge is -2.31. The SMILES string of the molecule is C[C@@H]1CN(C(=O)c2cnn(-c3ccccc3S(C)(=O)=O)c2)CCN1. The molecule has 1 aromatic heterocycles. The van der Waals surface area contributed by atoms with E-state index in [1.807, 2.05) is 6.92 Å². The highest BCUT2D eigenvalue weighted by molar-refractivity contribution is 7.90. The van der Waals surface area contributed by atoms with E-state index in [-0.39, 0.29) is 16.8 Å². The van der Waals surface area contributed by atoms with Crippen LogP contribution in [0.3, 0.4) is 0 Å². The monoisotopic (exact) mass is 348 g/mol. The molecule has 1 fully saturated rings. The molecular formula is C16H20N4O3S. The Balaban J connectivity index is 1.91. The van der Waals surface area contributed by atoms with E-state index in [2.05, 4.69) is 10.4 Å². The second-order valence-electron chi connectivity index (χ2n) is 6.02. The maximum absolute atomic E-state index is 12.6. The van der Waals surface area contributed by atoms with Crippen molar-refractivity contribution in [2.24, 2.45) is 0 Å². The van der Waals surface area contributed by atoms with Gasteiger partial charge in [-0.05, 0) is 19.1 Å². The van der Waals surface area contributed by atoms with Crippen molar-refractivity contribution in [2.75, 3.05) is 25.9 Å². The topological polar surface area (TPSA) is 84.3 Å². The van der Waals surface area contributed by atoms with Crippen LogP contribution in [0, 0.1) is 0 Å². The lowest BCUT2D eigenvalue weighted by molar-refractivity contribution is 0.0709. The molecule has 0 bridgehead atoms. The van der Waals surface area contributed by atoms with E-state index in [9.17, 15) is 13.2 Å². The number of hydrogen-bond acceptors (Lipinski definition) is 5. The molecule has 0 unspecified atom stereocenters. The molecule has 1 atom stereocenters. The molecule has 0 spiro atoms. The number of carbonyl (C=O) groups excluding carboxylic acids is 1. The molecular weight excluding hydrogens is 328 g/mol. The summed E-state index contributed by atoms with van der Waals surface area (Å²) in [6.45, 7) is 4.08. The van der Waals surface area contributed by atoms with Gasteiger partial charge in [-0.25, -0.2) is 13.1 Å². The van der Waals surface area contributed by atoms with Gasteiger partial charge in [0.05, 0.1) is 22.3 Å². The van der Waals surface area contributed by atoms with Crippen LogP contribution in [0.25, 0.3) is 5.69 Å². The van der Waals surface area contributed by atoms with Gasteiger partial charge in [-0.3, -0.25) is 4.79 Å². The van der Waals surface area contributed by atoms with Gasteiger partial charge in [0.2, 0.25) is 0 Å². The van der Waals surface area contributed by atoms with Crippen molar-refractivity contribution in [1.29, 1.82) is 0 Å². The fourth-order valence-electron chi connectivity index (χ4n) is 2.82. The lowest BCUT2D eigenvalue weighted by Crippen LogP contribution is -2.51. The molecule has 0 radical (unpaired) electrons. The largest absolute Gasteiger partial charge is 0.336 e. The molecule has 128 valence electrons. The average Bonchev–Trinajstić information content (AvgIpc) is 3.03. The van der Waals surface area contributed by atoms with Crippen LogP contribution in [0.15, 0.2) is 41.6 Å². The second-order valence-corrected chi connectivity index (χ2v) is 8.00. The number of piperazine rings is 1. The Labute approximate surface area is 141 Å². The van der Waals surface area contributed by atoms with Crippen molar-refractivity contribution in [1.82, 2.24) is 20.0 Å². The number of amides is 1. The van der Waals surface area contributed by atoms with Crippen LogP contribution < -0.4 is 5.32 Å². The second kappa shape index (κ2) is 6.37. The van der Waals surface area contributed by atoms with Crippen molar-refractivity contribution < 1.29 is 13.2 Å². The minimum atomic E-state index is -3.38. The minimum Gasteiger partial charge on any atom is -0.336 e. The van der Waals surface area contributed by atoms with E-state index in [1.54, 1.807) is 29.3 Å². The number of para-hydroxylation sites is 1. The van der Waals surface area contributed by atoms with Crippen molar-refractivity contribution in [3.63, 3.8) is 0 Å². The molecule has 1 saturated heterocycles. The van der Waals surface area contributed by atoms with Crippen LogP contribution in [0.4, 0.5) is 0 Å². The number of carbonyl (C=O) groups is 1. The zero-order valence-electron chi connectivity index (χ0n) is 13.6. The van der Waals surface area contributed by atoms with Gasteiger partial charge in [0.1, 0.15) is 0 Å². The van der Waals surface area contributed by atoms with Crippen molar-refractivity contribution in [2.45, 2.75) is 17.9 Å². The molecule has 7 nitrogen and oxygen atoms in total. The fourth-order valence-corrected chi connectivity index (χ4v) is 3.69. The summed E-state index contributed by atoms with van der Waals surface area (Å²) in [4.78, 5) is 14.6. The highest BCUT2D eigenvalue weighted by Gasteiger charge is 2.23. The Morgan fingerprint density at radius 3 is 2.79 bits per heavy atom. The van der Waals surface area contributed by atoms with Gasteiger partial charge in [-0.2, -0.15) is 5.10 Å². The van der Waals surface area contributed by atoms with Crippen LogP contribution in [-0.2, 0) is 9.84 Å². The Morgan fingerprint density at radius 2 is 2.08 bits per heavy atom. The first-order valence-corrected chi connectivity index (χ1v) is 9.62. The number of aromatic nitrogens is 2. The van der Waals surface area contributed by atoms with Gasteiger partial charge in [0.15, 0.2) is 9.84 Å². The predicted octanol–water partition coefficient (Wildman–Crippen LogP) is 0.710. The lowest BCUT2D eigenvalue weighted by atomic mass is 10.2. The Hall–Kier alpha value is -2.19. The van der Waals surface area contributed by atoms with Gasteiger partial charge < -0.3 is 10.2 Å². The highest BCUT2D eigenvalue weighted by atomic mass is 32.2. The number of nitrogens with one attached hydrogen (secondary N) is 1. The summed E-state index contributed by atoms with van der Waals surface area (Å²) < 4.78 is 25.3. The molecule has 2 heterocycles. The highest BCUT2D eigenvalue weighted by Crippen LogP contribution is 2.20. The van der Waals surface area contributed by atoms with Crippen molar-refractivity contribution >= 4 is 15.7 Å².